The zero-order valence-corrected chi connectivity index (χ0v) is 13.5. The molecule has 0 aromatic heterocycles. The predicted molar refractivity (Wildman–Crippen MR) is 86.6 cm³/mol. The van der Waals surface area contributed by atoms with Crippen molar-refractivity contribution in [2.24, 2.45) is 0 Å². The van der Waals surface area contributed by atoms with Crippen LogP contribution in [0.15, 0.2) is 24.3 Å². The van der Waals surface area contributed by atoms with Gasteiger partial charge in [0, 0.05) is 39.3 Å². The Kier molecular flexibility index (Phi) is 5.11. The number of ether oxygens (including phenoxy) is 1. The first-order chi connectivity index (χ1) is 10.7. The summed E-state index contributed by atoms with van der Waals surface area (Å²) in [6.45, 7) is 7.39. The van der Waals surface area contributed by atoms with Gasteiger partial charge in [0.1, 0.15) is 6.10 Å². The summed E-state index contributed by atoms with van der Waals surface area (Å²) in [6, 6.07) is 8.67. The molecular formula is C18H26N2O2. The van der Waals surface area contributed by atoms with Gasteiger partial charge in [-0.25, -0.2) is 0 Å². The minimum Gasteiger partial charge on any atom is -0.368 e. The van der Waals surface area contributed by atoms with Gasteiger partial charge in [0.05, 0.1) is 0 Å². The van der Waals surface area contributed by atoms with E-state index in [9.17, 15) is 4.79 Å². The summed E-state index contributed by atoms with van der Waals surface area (Å²) in [5, 5.41) is 0. The fraction of sp³-hybridized carbons (Fsp3) is 0.611. The molecule has 2 saturated heterocycles. The number of piperazine rings is 1. The summed E-state index contributed by atoms with van der Waals surface area (Å²) in [5.41, 5.74) is 2.66. The second-order valence-electron chi connectivity index (χ2n) is 6.45. The third kappa shape index (κ3) is 3.87. The van der Waals surface area contributed by atoms with Crippen LogP contribution in [0.4, 0.5) is 0 Å². The molecule has 0 radical (unpaired) electrons. The topological polar surface area (TPSA) is 32.8 Å². The van der Waals surface area contributed by atoms with Gasteiger partial charge in [-0.15, -0.1) is 0 Å². The van der Waals surface area contributed by atoms with Crippen molar-refractivity contribution in [3.63, 3.8) is 0 Å². The van der Waals surface area contributed by atoms with Crippen molar-refractivity contribution in [2.45, 2.75) is 38.8 Å². The maximum absolute atomic E-state index is 12.4. The largest absolute Gasteiger partial charge is 0.368 e. The summed E-state index contributed by atoms with van der Waals surface area (Å²) in [4.78, 5) is 16.9. The normalized spacial score (nSPS) is 23.5. The zero-order valence-electron chi connectivity index (χ0n) is 13.5. The lowest BCUT2D eigenvalue weighted by atomic mass is 10.1. The number of hydrogen-bond acceptors (Lipinski definition) is 3. The van der Waals surface area contributed by atoms with E-state index in [2.05, 4.69) is 36.1 Å². The van der Waals surface area contributed by atoms with E-state index < -0.39 is 0 Å². The molecule has 4 heteroatoms. The highest BCUT2D eigenvalue weighted by Gasteiger charge is 2.29. The van der Waals surface area contributed by atoms with Gasteiger partial charge in [-0.1, -0.05) is 29.8 Å². The average Bonchev–Trinajstić information content (AvgIpc) is 2.56. The number of benzene rings is 1. The van der Waals surface area contributed by atoms with Crippen molar-refractivity contribution in [2.75, 3.05) is 32.8 Å². The molecule has 4 nitrogen and oxygen atoms in total. The highest BCUT2D eigenvalue weighted by atomic mass is 16.5. The third-order valence-corrected chi connectivity index (χ3v) is 4.63. The molecule has 2 fully saturated rings. The Morgan fingerprint density at radius 3 is 2.73 bits per heavy atom. The van der Waals surface area contributed by atoms with Crippen molar-refractivity contribution >= 4 is 5.91 Å². The molecular weight excluding hydrogens is 276 g/mol. The quantitative estimate of drug-likeness (QED) is 0.858. The zero-order chi connectivity index (χ0) is 15.4. The number of rotatable bonds is 3. The summed E-state index contributed by atoms with van der Waals surface area (Å²) in [7, 11) is 0. The van der Waals surface area contributed by atoms with Crippen LogP contribution in [-0.2, 0) is 16.1 Å². The molecule has 0 N–H and O–H groups in total. The second-order valence-corrected chi connectivity index (χ2v) is 6.45. The van der Waals surface area contributed by atoms with Gasteiger partial charge in [-0.05, 0) is 31.7 Å². The van der Waals surface area contributed by atoms with Crippen LogP contribution in [-0.4, -0.2) is 54.6 Å². The van der Waals surface area contributed by atoms with Crippen molar-refractivity contribution in [3.05, 3.63) is 35.4 Å². The minimum atomic E-state index is -0.183. The summed E-state index contributed by atoms with van der Waals surface area (Å²) < 4.78 is 5.62. The molecule has 0 spiro atoms. The van der Waals surface area contributed by atoms with Gasteiger partial charge < -0.3 is 9.64 Å². The summed E-state index contributed by atoms with van der Waals surface area (Å²) in [6.07, 6.45) is 2.91. The first-order valence-corrected chi connectivity index (χ1v) is 8.41. The minimum absolute atomic E-state index is 0.183. The average molecular weight is 302 g/mol. The number of nitrogens with zero attached hydrogens (tertiary/aromatic N) is 2. The van der Waals surface area contributed by atoms with Gasteiger partial charge in [-0.3, -0.25) is 9.69 Å². The lowest BCUT2D eigenvalue weighted by Gasteiger charge is -2.37. The Balaban J connectivity index is 1.48. The number of aryl methyl sites for hydroxylation is 1. The second kappa shape index (κ2) is 7.25. The van der Waals surface area contributed by atoms with Crippen molar-refractivity contribution in [1.29, 1.82) is 0 Å². The lowest BCUT2D eigenvalue weighted by molar-refractivity contribution is -0.148. The molecule has 120 valence electrons. The maximum atomic E-state index is 12.4. The predicted octanol–water partition coefficient (Wildman–Crippen LogP) is 2.21. The molecule has 22 heavy (non-hydrogen) atoms. The summed E-state index contributed by atoms with van der Waals surface area (Å²) in [5.74, 6) is 0.204. The van der Waals surface area contributed by atoms with E-state index in [1.165, 1.54) is 11.1 Å². The van der Waals surface area contributed by atoms with Gasteiger partial charge in [0.2, 0.25) is 0 Å². The van der Waals surface area contributed by atoms with Crippen LogP contribution in [0.2, 0.25) is 0 Å². The summed E-state index contributed by atoms with van der Waals surface area (Å²) >= 11 is 0. The lowest BCUT2D eigenvalue weighted by Crippen LogP contribution is -2.51. The first kappa shape index (κ1) is 15.5. The fourth-order valence-electron chi connectivity index (χ4n) is 3.33. The smallest absolute Gasteiger partial charge is 0.251 e. The van der Waals surface area contributed by atoms with Crippen LogP contribution in [0.25, 0.3) is 0 Å². The van der Waals surface area contributed by atoms with Crippen LogP contribution in [0.5, 0.6) is 0 Å². The first-order valence-electron chi connectivity index (χ1n) is 8.41. The molecule has 1 aromatic carbocycles. The van der Waals surface area contributed by atoms with E-state index in [0.29, 0.717) is 0 Å². The molecule has 0 bridgehead atoms. The van der Waals surface area contributed by atoms with E-state index in [-0.39, 0.29) is 12.0 Å². The Hall–Kier alpha value is -1.39. The van der Waals surface area contributed by atoms with Crippen LogP contribution >= 0.6 is 0 Å². The van der Waals surface area contributed by atoms with Crippen LogP contribution in [0, 0.1) is 6.92 Å². The number of carbonyl (C=O) groups is 1. The highest BCUT2D eigenvalue weighted by molar-refractivity contribution is 5.81. The Bertz CT molecular complexity index is 504. The van der Waals surface area contributed by atoms with E-state index >= 15 is 0 Å². The molecule has 1 amide bonds. The standard InChI is InChI=1S/C18H26N2O2/c1-15-5-4-6-16(13-15)14-19-8-10-20(11-9-19)18(21)17-7-2-3-12-22-17/h4-6,13,17H,2-3,7-12,14H2,1H3/t17-/m1/s1. The Morgan fingerprint density at radius 1 is 1.23 bits per heavy atom. The van der Waals surface area contributed by atoms with Crippen molar-refractivity contribution in [1.82, 2.24) is 9.80 Å². The molecule has 0 aliphatic carbocycles. The van der Waals surface area contributed by atoms with Gasteiger partial charge in [-0.2, -0.15) is 0 Å². The third-order valence-electron chi connectivity index (χ3n) is 4.63. The molecule has 3 rings (SSSR count). The molecule has 2 heterocycles. The molecule has 0 saturated carbocycles. The van der Waals surface area contributed by atoms with Crippen molar-refractivity contribution in [3.8, 4) is 0 Å². The van der Waals surface area contributed by atoms with Gasteiger partial charge >= 0.3 is 0 Å². The van der Waals surface area contributed by atoms with Crippen molar-refractivity contribution < 1.29 is 9.53 Å². The van der Waals surface area contributed by atoms with Crippen LogP contribution < -0.4 is 0 Å². The van der Waals surface area contributed by atoms with E-state index in [1.54, 1.807) is 0 Å². The van der Waals surface area contributed by atoms with E-state index in [1.807, 2.05) is 4.90 Å². The number of carbonyl (C=O) groups excluding carboxylic acids is 1. The van der Waals surface area contributed by atoms with Crippen LogP contribution in [0.1, 0.15) is 30.4 Å². The molecule has 1 atom stereocenters. The molecule has 1 aromatic rings. The SMILES string of the molecule is Cc1cccc(CN2CCN(C(=O)[C@H]3CCCCO3)CC2)c1. The molecule has 0 unspecified atom stereocenters. The Labute approximate surface area is 133 Å². The Morgan fingerprint density at radius 2 is 2.05 bits per heavy atom. The van der Waals surface area contributed by atoms with E-state index in [4.69, 9.17) is 4.74 Å². The van der Waals surface area contributed by atoms with Gasteiger partial charge in [0.15, 0.2) is 0 Å². The number of hydrogen-bond donors (Lipinski definition) is 0. The molecule has 2 aliphatic heterocycles. The fourth-order valence-corrected chi connectivity index (χ4v) is 3.33. The number of amides is 1. The van der Waals surface area contributed by atoms with Crippen LogP contribution in [0.3, 0.4) is 0 Å². The molecule has 2 aliphatic rings. The monoisotopic (exact) mass is 302 g/mol. The maximum Gasteiger partial charge on any atom is 0.251 e. The van der Waals surface area contributed by atoms with Gasteiger partial charge in [0.25, 0.3) is 5.91 Å². The highest BCUT2D eigenvalue weighted by Crippen LogP contribution is 2.17. The van der Waals surface area contributed by atoms with E-state index in [0.717, 1.165) is 58.6 Å².